The molecule has 1 unspecified atom stereocenters. The number of hydrogen-bond donors (Lipinski definition) is 5. The van der Waals surface area contributed by atoms with Gasteiger partial charge in [0.25, 0.3) is 5.91 Å². The maximum Gasteiger partial charge on any atom is 0.252 e. The third-order valence-corrected chi connectivity index (χ3v) is 7.02. The van der Waals surface area contributed by atoms with E-state index in [1.807, 2.05) is 12.1 Å². The first kappa shape index (κ1) is 20.1. The molecule has 6 heteroatoms. The number of H-pyrrole nitrogens is 1. The third-order valence-electron chi connectivity index (χ3n) is 7.02. The summed E-state index contributed by atoms with van der Waals surface area (Å²) >= 11 is 0. The van der Waals surface area contributed by atoms with Crippen LogP contribution in [0.5, 0.6) is 5.75 Å². The molecule has 162 valence electrons. The first-order chi connectivity index (χ1) is 15.1. The van der Waals surface area contributed by atoms with Crippen LogP contribution in [0.4, 0.5) is 0 Å². The third kappa shape index (κ3) is 3.82. The molecule has 2 heterocycles. The fourth-order valence-corrected chi connectivity index (χ4v) is 5.27. The quantitative estimate of drug-likeness (QED) is 0.422. The Labute approximate surface area is 182 Å². The first-order valence-corrected chi connectivity index (χ1v) is 11.3. The summed E-state index contributed by atoms with van der Waals surface area (Å²) in [6.07, 6.45) is 4.93. The molecular formula is C25H30N4O2. The number of phenolic OH excluding ortho intramolecular Hbond substituents is 1. The fraction of sp³-hybridized carbons (Fsp3) is 0.400. The minimum absolute atomic E-state index is 0.0964. The number of nitrogens with one attached hydrogen (secondary N) is 3. The summed E-state index contributed by atoms with van der Waals surface area (Å²) in [7, 11) is 0. The van der Waals surface area contributed by atoms with Crippen molar-refractivity contribution in [3.63, 3.8) is 0 Å². The summed E-state index contributed by atoms with van der Waals surface area (Å²) in [6, 6.07) is 12.9. The largest absolute Gasteiger partial charge is 0.508 e. The molecule has 0 saturated heterocycles. The average molecular weight is 419 g/mol. The molecule has 3 aromatic rings. The summed E-state index contributed by atoms with van der Waals surface area (Å²) < 4.78 is 0. The maximum atomic E-state index is 12.6. The zero-order valence-electron chi connectivity index (χ0n) is 17.7. The second-order valence-corrected chi connectivity index (χ2v) is 8.99. The lowest BCUT2D eigenvalue weighted by Gasteiger charge is -2.27. The van der Waals surface area contributed by atoms with E-state index in [2.05, 4.69) is 27.8 Å². The molecule has 1 fully saturated rings. The van der Waals surface area contributed by atoms with Crippen molar-refractivity contribution in [2.45, 2.75) is 38.3 Å². The van der Waals surface area contributed by atoms with Crippen molar-refractivity contribution in [1.29, 1.82) is 0 Å². The van der Waals surface area contributed by atoms with E-state index in [0.29, 0.717) is 23.9 Å². The molecule has 2 aromatic carbocycles. The van der Waals surface area contributed by atoms with E-state index < -0.39 is 0 Å². The van der Waals surface area contributed by atoms with Gasteiger partial charge in [0.05, 0.1) is 6.04 Å². The Hall–Kier alpha value is -2.83. The summed E-state index contributed by atoms with van der Waals surface area (Å²) in [5.41, 5.74) is 10.5. The zero-order valence-corrected chi connectivity index (χ0v) is 17.7. The van der Waals surface area contributed by atoms with Crippen LogP contribution < -0.4 is 16.4 Å². The van der Waals surface area contributed by atoms with Crippen LogP contribution >= 0.6 is 0 Å². The molecule has 1 aromatic heterocycles. The molecule has 0 bridgehead atoms. The molecular weight excluding hydrogens is 388 g/mol. The van der Waals surface area contributed by atoms with Crippen LogP contribution in [0.25, 0.3) is 10.9 Å². The molecule has 0 radical (unpaired) electrons. The number of para-hydroxylation sites is 1. The van der Waals surface area contributed by atoms with Gasteiger partial charge in [-0.3, -0.25) is 4.79 Å². The molecule has 1 aliphatic carbocycles. The molecule has 1 amide bonds. The fourth-order valence-electron chi connectivity index (χ4n) is 5.27. The standard InChI is InChI=1S/C25H30N4O2/c26-12-15-5-7-16(8-6-15)13-27-14-22-23(19-3-1-2-4-21(19)28-22)24-20-11-17(30)9-10-18(20)25(31)29-24/h1-4,9-11,15-16,24,27-28,30H,5-8,12-14,26H2,(H,29,31). The van der Waals surface area contributed by atoms with Gasteiger partial charge < -0.3 is 26.5 Å². The van der Waals surface area contributed by atoms with E-state index in [1.165, 1.54) is 25.7 Å². The number of nitrogens with two attached hydrogens (primary N) is 1. The van der Waals surface area contributed by atoms with E-state index in [4.69, 9.17) is 5.73 Å². The molecule has 6 N–H and O–H groups in total. The van der Waals surface area contributed by atoms with Crippen LogP contribution in [0.3, 0.4) is 0 Å². The number of rotatable bonds is 6. The van der Waals surface area contributed by atoms with Gasteiger partial charge in [0.2, 0.25) is 0 Å². The molecule has 1 aliphatic heterocycles. The van der Waals surface area contributed by atoms with Gasteiger partial charge in [-0.15, -0.1) is 0 Å². The Morgan fingerprint density at radius 2 is 1.84 bits per heavy atom. The molecule has 5 rings (SSSR count). The lowest BCUT2D eigenvalue weighted by Crippen LogP contribution is -2.29. The average Bonchev–Trinajstić information content (AvgIpc) is 3.31. The van der Waals surface area contributed by atoms with Gasteiger partial charge in [0, 0.05) is 34.3 Å². The number of phenols is 1. The topological polar surface area (TPSA) is 103 Å². The highest BCUT2D eigenvalue weighted by Gasteiger charge is 2.33. The number of fused-ring (bicyclic) bond motifs is 2. The van der Waals surface area contributed by atoms with Crippen molar-refractivity contribution in [3.05, 3.63) is 64.8 Å². The van der Waals surface area contributed by atoms with Gasteiger partial charge in [-0.25, -0.2) is 0 Å². The van der Waals surface area contributed by atoms with Gasteiger partial charge in [-0.05, 0) is 80.4 Å². The Morgan fingerprint density at radius 1 is 1.06 bits per heavy atom. The van der Waals surface area contributed by atoms with Crippen molar-refractivity contribution in [1.82, 2.24) is 15.6 Å². The maximum absolute atomic E-state index is 12.6. The van der Waals surface area contributed by atoms with Crippen LogP contribution in [0.1, 0.15) is 58.9 Å². The summed E-state index contributed by atoms with van der Waals surface area (Å²) in [6.45, 7) is 2.50. The van der Waals surface area contributed by atoms with E-state index in [1.54, 1.807) is 18.2 Å². The van der Waals surface area contributed by atoms with E-state index in [-0.39, 0.29) is 17.7 Å². The summed E-state index contributed by atoms with van der Waals surface area (Å²) in [5, 5.41) is 17.9. The zero-order chi connectivity index (χ0) is 21.4. The predicted molar refractivity (Wildman–Crippen MR) is 122 cm³/mol. The van der Waals surface area contributed by atoms with Crippen molar-refractivity contribution in [2.75, 3.05) is 13.1 Å². The first-order valence-electron chi connectivity index (χ1n) is 11.3. The van der Waals surface area contributed by atoms with E-state index in [9.17, 15) is 9.90 Å². The summed E-state index contributed by atoms with van der Waals surface area (Å²) in [4.78, 5) is 16.1. The lowest BCUT2D eigenvalue weighted by atomic mass is 9.82. The highest BCUT2D eigenvalue weighted by molar-refractivity contribution is 6.01. The minimum Gasteiger partial charge on any atom is -0.508 e. The second kappa shape index (κ2) is 8.36. The number of amides is 1. The van der Waals surface area contributed by atoms with Crippen LogP contribution in [0.15, 0.2) is 42.5 Å². The van der Waals surface area contributed by atoms with Gasteiger partial charge in [0.1, 0.15) is 5.75 Å². The number of aromatic hydroxyl groups is 1. The van der Waals surface area contributed by atoms with Crippen LogP contribution in [0.2, 0.25) is 0 Å². The Balaban J connectivity index is 1.40. The number of carbonyl (C=O) groups is 1. The minimum atomic E-state index is -0.275. The number of aromatic amines is 1. The van der Waals surface area contributed by atoms with Crippen LogP contribution in [0, 0.1) is 11.8 Å². The highest BCUT2D eigenvalue weighted by Crippen LogP contribution is 2.38. The normalized spacial score (nSPS) is 23.1. The molecule has 1 saturated carbocycles. The Morgan fingerprint density at radius 3 is 2.65 bits per heavy atom. The van der Waals surface area contributed by atoms with Gasteiger partial charge in [-0.2, -0.15) is 0 Å². The molecule has 31 heavy (non-hydrogen) atoms. The van der Waals surface area contributed by atoms with Gasteiger partial charge in [0.15, 0.2) is 0 Å². The van der Waals surface area contributed by atoms with E-state index >= 15 is 0 Å². The van der Waals surface area contributed by atoms with Crippen molar-refractivity contribution in [3.8, 4) is 5.75 Å². The van der Waals surface area contributed by atoms with Crippen molar-refractivity contribution in [2.24, 2.45) is 17.6 Å². The number of carbonyl (C=O) groups excluding carboxylic acids is 1. The lowest BCUT2D eigenvalue weighted by molar-refractivity contribution is 0.0960. The molecule has 1 atom stereocenters. The predicted octanol–water partition coefficient (Wildman–Crippen LogP) is 3.56. The van der Waals surface area contributed by atoms with Gasteiger partial charge in [-0.1, -0.05) is 18.2 Å². The van der Waals surface area contributed by atoms with E-state index in [0.717, 1.165) is 40.8 Å². The highest BCUT2D eigenvalue weighted by atomic mass is 16.3. The van der Waals surface area contributed by atoms with Crippen molar-refractivity contribution < 1.29 is 9.90 Å². The monoisotopic (exact) mass is 418 g/mol. The number of hydrogen-bond acceptors (Lipinski definition) is 4. The molecule has 6 nitrogen and oxygen atoms in total. The number of aromatic nitrogens is 1. The molecule has 2 aliphatic rings. The molecule has 0 spiro atoms. The smallest absolute Gasteiger partial charge is 0.252 e. The second-order valence-electron chi connectivity index (χ2n) is 8.99. The number of benzene rings is 2. The summed E-state index contributed by atoms with van der Waals surface area (Å²) in [5.74, 6) is 1.47. The SMILES string of the molecule is NCC1CCC(CNCc2[nH]c3ccccc3c2C2NC(=O)c3ccc(O)cc32)CC1. The Bertz CT molecular complexity index is 1100. The Kier molecular flexibility index (Phi) is 5.42. The van der Waals surface area contributed by atoms with Crippen LogP contribution in [-0.2, 0) is 6.54 Å². The van der Waals surface area contributed by atoms with Gasteiger partial charge >= 0.3 is 0 Å². The van der Waals surface area contributed by atoms with Crippen LogP contribution in [-0.4, -0.2) is 29.1 Å². The van der Waals surface area contributed by atoms with Crippen molar-refractivity contribution >= 4 is 16.8 Å².